The molecule has 0 aliphatic carbocycles. The van der Waals surface area contributed by atoms with Gasteiger partial charge in [-0.05, 0) is 64.0 Å². The smallest absolute Gasteiger partial charge is 0.237 e. The van der Waals surface area contributed by atoms with Crippen molar-refractivity contribution in [3.05, 3.63) is 53.3 Å². The molecule has 3 heterocycles. The van der Waals surface area contributed by atoms with Gasteiger partial charge >= 0.3 is 0 Å². The zero-order chi connectivity index (χ0) is 25.0. The van der Waals surface area contributed by atoms with Gasteiger partial charge in [0.2, 0.25) is 11.8 Å². The van der Waals surface area contributed by atoms with Crippen molar-refractivity contribution in [2.24, 2.45) is 0 Å². The highest BCUT2D eigenvalue weighted by Gasteiger charge is 2.23. The van der Waals surface area contributed by atoms with Crippen LogP contribution in [0.25, 0.3) is 0 Å². The average molecular weight is 517 g/mol. The number of para-hydroxylation sites is 1. The Morgan fingerprint density at radius 1 is 1.06 bits per heavy atom. The van der Waals surface area contributed by atoms with Gasteiger partial charge in [-0.1, -0.05) is 23.7 Å². The van der Waals surface area contributed by atoms with Gasteiger partial charge in [-0.2, -0.15) is 4.98 Å². The number of nitrogens with one attached hydrogen (secondary N) is 3. The first-order valence-corrected chi connectivity index (χ1v) is 13.4. The molecule has 1 fully saturated rings. The molecule has 1 aliphatic rings. The lowest BCUT2D eigenvalue weighted by Gasteiger charge is -2.23. The molecule has 35 heavy (non-hydrogen) atoms. The topological polar surface area (TPSA) is 118 Å². The predicted octanol–water partition coefficient (Wildman–Crippen LogP) is 4.67. The van der Waals surface area contributed by atoms with Gasteiger partial charge in [-0.25, -0.2) is 18.4 Å². The molecule has 0 spiro atoms. The number of benzene rings is 1. The number of hydrogen-bond donors (Lipinski definition) is 3. The zero-order valence-corrected chi connectivity index (χ0v) is 21.4. The lowest BCUT2D eigenvalue weighted by atomic mass is 9.94. The Kier molecular flexibility index (Phi) is 7.73. The van der Waals surface area contributed by atoms with E-state index < -0.39 is 15.1 Å². The molecule has 2 aromatic heterocycles. The van der Waals surface area contributed by atoms with Crippen molar-refractivity contribution in [1.29, 1.82) is 0 Å². The van der Waals surface area contributed by atoms with E-state index in [4.69, 9.17) is 21.3 Å². The summed E-state index contributed by atoms with van der Waals surface area (Å²) in [7, 11) is -1.94. The SMILES string of the molecule is COc1nc(C2CCNCC2)ccc1Nc1ncc(Cl)c(Nc2ccccc2S(=O)(=O)C(C)C)n1. The zero-order valence-electron chi connectivity index (χ0n) is 19.9. The Bertz CT molecular complexity index is 1300. The van der Waals surface area contributed by atoms with Crippen LogP contribution in [0.3, 0.4) is 0 Å². The van der Waals surface area contributed by atoms with Gasteiger partial charge < -0.3 is 20.7 Å². The van der Waals surface area contributed by atoms with Crippen LogP contribution in [0.5, 0.6) is 5.88 Å². The van der Waals surface area contributed by atoms with Gasteiger partial charge in [0.1, 0.15) is 10.7 Å². The quantitative estimate of drug-likeness (QED) is 0.392. The van der Waals surface area contributed by atoms with Crippen LogP contribution in [0.1, 0.15) is 38.3 Å². The summed E-state index contributed by atoms with van der Waals surface area (Å²) in [6.45, 7) is 5.24. The van der Waals surface area contributed by atoms with E-state index in [1.807, 2.05) is 12.1 Å². The van der Waals surface area contributed by atoms with Crippen LogP contribution in [0.4, 0.5) is 23.1 Å². The van der Waals surface area contributed by atoms with Crippen LogP contribution in [0.2, 0.25) is 5.02 Å². The highest BCUT2D eigenvalue weighted by atomic mass is 35.5. The molecule has 9 nitrogen and oxygen atoms in total. The normalized spacial score (nSPS) is 14.7. The number of anilines is 4. The number of hydrogen-bond acceptors (Lipinski definition) is 9. The Balaban J connectivity index is 1.60. The second kappa shape index (κ2) is 10.8. The van der Waals surface area contributed by atoms with Crippen molar-refractivity contribution in [3.63, 3.8) is 0 Å². The van der Waals surface area contributed by atoms with Gasteiger partial charge in [0.15, 0.2) is 15.7 Å². The third kappa shape index (κ3) is 5.66. The summed E-state index contributed by atoms with van der Waals surface area (Å²) in [6.07, 6.45) is 3.51. The number of rotatable bonds is 8. The third-order valence-corrected chi connectivity index (χ3v) is 8.38. The van der Waals surface area contributed by atoms with E-state index in [-0.39, 0.29) is 21.7 Å². The number of aromatic nitrogens is 3. The fraction of sp³-hybridized carbons (Fsp3) is 0.375. The van der Waals surface area contributed by atoms with E-state index in [0.29, 0.717) is 23.2 Å². The Morgan fingerprint density at radius 3 is 2.51 bits per heavy atom. The van der Waals surface area contributed by atoms with E-state index in [0.717, 1.165) is 31.6 Å². The minimum atomic E-state index is -3.52. The maximum atomic E-state index is 12.8. The summed E-state index contributed by atoms with van der Waals surface area (Å²) in [5.74, 6) is 1.37. The van der Waals surface area contributed by atoms with E-state index in [9.17, 15) is 8.42 Å². The fourth-order valence-corrected chi connectivity index (χ4v) is 5.23. The number of piperidine rings is 1. The van der Waals surface area contributed by atoms with Crippen molar-refractivity contribution < 1.29 is 13.2 Å². The van der Waals surface area contributed by atoms with Crippen LogP contribution in [-0.4, -0.2) is 48.8 Å². The molecule has 0 atom stereocenters. The number of nitrogens with zero attached hydrogens (tertiary/aromatic N) is 3. The second-order valence-electron chi connectivity index (χ2n) is 8.55. The molecule has 1 aromatic carbocycles. The lowest BCUT2D eigenvalue weighted by Crippen LogP contribution is -2.27. The maximum absolute atomic E-state index is 12.8. The van der Waals surface area contributed by atoms with E-state index in [1.165, 1.54) is 6.20 Å². The van der Waals surface area contributed by atoms with Crippen molar-refractivity contribution in [1.82, 2.24) is 20.3 Å². The minimum absolute atomic E-state index is 0.179. The number of pyridine rings is 1. The Labute approximate surface area is 210 Å². The Morgan fingerprint density at radius 2 is 1.80 bits per heavy atom. The predicted molar refractivity (Wildman–Crippen MR) is 138 cm³/mol. The summed E-state index contributed by atoms with van der Waals surface area (Å²) >= 11 is 6.34. The molecule has 0 saturated carbocycles. The monoisotopic (exact) mass is 516 g/mol. The molecule has 186 valence electrons. The van der Waals surface area contributed by atoms with Crippen LogP contribution in [0, 0.1) is 0 Å². The highest BCUT2D eigenvalue weighted by Crippen LogP contribution is 2.33. The minimum Gasteiger partial charge on any atom is -0.480 e. The molecular weight excluding hydrogens is 488 g/mol. The summed E-state index contributed by atoms with van der Waals surface area (Å²) in [5, 5.41) is 9.22. The highest BCUT2D eigenvalue weighted by molar-refractivity contribution is 7.92. The lowest BCUT2D eigenvalue weighted by molar-refractivity contribution is 0.391. The van der Waals surface area contributed by atoms with Crippen LogP contribution in [-0.2, 0) is 9.84 Å². The van der Waals surface area contributed by atoms with Gasteiger partial charge in [0.05, 0.1) is 29.1 Å². The summed E-state index contributed by atoms with van der Waals surface area (Å²) < 4.78 is 31.1. The van der Waals surface area contributed by atoms with E-state index in [1.54, 1.807) is 45.2 Å². The van der Waals surface area contributed by atoms with Crippen molar-refractivity contribution in [2.45, 2.75) is 42.8 Å². The van der Waals surface area contributed by atoms with Crippen LogP contribution >= 0.6 is 11.6 Å². The second-order valence-corrected chi connectivity index (χ2v) is 11.4. The number of halogens is 1. The number of ether oxygens (including phenoxy) is 1. The molecular formula is C24H29ClN6O3S. The molecule has 0 unspecified atom stereocenters. The van der Waals surface area contributed by atoms with Crippen LogP contribution in [0.15, 0.2) is 47.5 Å². The molecule has 1 aliphatic heterocycles. The van der Waals surface area contributed by atoms with Crippen molar-refractivity contribution in [3.8, 4) is 5.88 Å². The van der Waals surface area contributed by atoms with Gasteiger partial charge in [-0.3, -0.25) is 0 Å². The first-order chi connectivity index (χ1) is 16.8. The largest absolute Gasteiger partial charge is 0.480 e. The maximum Gasteiger partial charge on any atom is 0.237 e. The molecule has 0 radical (unpaired) electrons. The molecule has 11 heteroatoms. The molecule has 3 N–H and O–H groups in total. The Hall–Kier alpha value is -2.95. The third-order valence-electron chi connectivity index (χ3n) is 5.89. The van der Waals surface area contributed by atoms with Gasteiger partial charge in [-0.15, -0.1) is 0 Å². The van der Waals surface area contributed by atoms with Crippen molar-refractivity contribution >= 4 is 44.6 Å². The molecule has 3 aromatic rings. The summed E-state index contributed by atoms with van der Waals surface area (Å²) in [4.78, 5) is 13.6. The first kappa shape index (κ1) is 25.2. The number of sulfone groups is 1. The number of methoxy groups -OCH3 is 1. The summed E-state index contributed by atoms with van der Waals surface area (Å²) in [5.41, 5.74) is 2.00. The molecule has 0 amide bonds. The van der Waals surface area contributed by atoms with Crippen LogP contribution < -0.4 is 20.7 Å². The summed E-state index contributed by atoms with van der Waals surface area (Å²) in [6, 6.07) is 10.6. The average Bonchev–Trinajstić information content (AvgIpc) is 2.87. The molecule has 1 saturated heterocycles. The van der Waals surface area contributed by atoms with E-state index in [2.05, 4.69) is 25.9 Å². The molecule has 0 bridgehead atoms. The standard InChI is InChI=1S/C24H29ClN6O3S/c1-15(2)35(32,33)21-7-5-4-6-19(21)28-22-17(25)14-27-24(31-22)30-20-9-8-18(29-23(20)34-3)16-10-12-26-13-11-16/h4-9,14-16,26H,10-13H2,1-3H3,(H2,27,28,30,31). The van der Waals surface area contributed by atoms with Crippen molar-refractivity contribution in [2.75, 3.05) is 30.8 Å². The fourth-order valence-electron chi connectivity index (χ4n) is 3.89. The molecule has 4 rings (SSSR count). The van der Waals surface area contributed by atoms with E-state index >= 15 is 0 Å². The van der Waals surface area contributed by atoms with Gasteiger partial charge in [0.25, 0.3) is 0 Å². The van der Waals surface area contributed by atoms with Gasteiger partial charge in [0, 0.05) is 11.6 Å². The first-order valence-electron chi connectivity index (χ1n) is 11.4.